The third-order valence-electron chi connectivity index (χ3n) is 4.28. The van der Waals surface area contributed by atoms with Crippen molar-refractivity contribution in [2.24, 2.45) is 5.10 Å². The van der Waals surface area contributed by atoms with Crippen molar-refractivity contribution in [1.82, 2.24) is 5.43 Å². The second-order valence-electron chi connectivity index (χ2n) is 6.56. The third kappa shape index (κ3) is 5.59. The van der Waals surface area contributed by atoms with Gasteiger partial charge in [0.05, 0.1) is 6.21 Å². The van der Waals surface area contributed by atoms with E-state index >= 15 is 0 Å². The Balaban J connectivity index is 1.63. The highest BCUT2D eigenvalue weighted by atomic mass is 35.5. The van der Waals surface area contributed by atoms with Crippen LogP contribution in [0.1, 0.15) is 21.5 Å². The SMILES string of the molecule is CN(C)c1ccc(C(=O)NN=Cc2ccccc2OCc2ccccc2Cl)cc1. The predicted octanol–water partition coefficient (Wildman–Crippen LogP) is 4.75. The minimum atomic E-state index is -0.277. The first-order valence-electron chi connectivity index (χ1n) is 9.10. The molecule has 0 aromatic heterocycles. The molecule has 0 bridgehead atoms. The summed E-state index contributed by atoms with van der Waals surface area (Å²) in [5.74, 6) is 0.377. The molecule has 1 amide bonds. The van der Waals surface area contributed by atoms with E-state index in [-0.39, 0.29) is 5.91 Å². The fraction of sp³-hybridized carbons (Fsp3) is 0.130. The summed E-state index contributed by atoms with van der Waals surface area (Å²) in [6, 6.07) is 22.3. The lowest BCUT2D eigenvalue weighted by molar-refractivity contribution is 0.0955. The average Bonchev–Trinajstić information content (AvgIpc) is 2.74. The summed E-state index contributed by atoms with van der Waals surface area (Å²) in [7, 11) is 3.90. The van der Waals surface area contributed by atoms with Crippen molar-refractivity contribution in [1.29, 1.82) is 0 Å². The Morgan fingerprint density at radius 3 is 2.45 bits per heavy atom. The van der Waals surface area contributed by atoms with E-state index in [1.165, 1.54) is 0 Å². The second kappa shape index (κ2) is 9.75. The highest BCUT2D eigenvalue weighted by molar-refractivity contribution is 6.31. The van der Waals surface area contributed by atoms with Crippen LogP contribution in [0.25, 0.3) is 0 Å². The molecule has 0 radical (unpaired) electrons. The van der Waals surface area contributed by atoms with Crippen LogP contribution in [-0.4, -0.2) is 26.2 Å². The first-order valence-corrected chi connectivity index (χ1v) is 9.48. The summed E-state index contributed by atoms with van der Waals surface area (Å²) in [5.41, 5.74) is 5.76. The van der Waals surface area contributed by atoms with Gasteiger partial charge in [-0.3, -0.25) is 4.79 Å². The highest BCUT2D eigenvalue weighted by Gasteiger charge is 2.06. The van der Waals surface area contributed by atoms with E-state index in [0.717, 1.165) is 16.8 Å². The van der Waals surface area contributed by atoms with Crippen molar-refractivity contribution in [2.45, 2.75) is 6.61 Å². The maximum Gasteiger partial charge on any atom is 0.271 e. The number of halogens is 1. The quantitative estimate of drug-likeness (QED) is 0.454. The van der Waals surface area contributed by atoms with Gasteiger partial charge in [-0.25, -0.2) is 5.43 Å². The number of hydrogen-bond donors (Lipinski definition) is 1. The molecule has 148 valence electrons. The Morgan fingerprint density at radius 1 is 1.03 bits per heavy atom. The molecule has 3 aromatic rings. The van der Waals surface area contributed by atoms with Crippen LogP contribution in [0.5, 0.6) is 5.75 Å². The minimum Gasteiger partial charge on any atom is -0.488 e. The molecule has 0 aliphatic heterocycles. The second-order valence-corrected chi connectivity index (χ2v) is 6.97. The zero-order chi connectivity index (χ0) is 20.6. The molecule has 0 saturated heterocycles. The zero-order valence-electron chi connectivity index (χ0n) is 16.3. The van der Waals surface area contributed by atoms with Crippen molar-refractivity contribution in [3.8, 4) is 5.75 Å². The number of carbonyl (C=O) groups excluding carboxylic acids is 1. The van der Waals surface area contributed by atoms with Crippen LogP contribution < -0.4 is 15.1 Å². The first-order chi connectivity index (χ1) is 14.0. The number of amides is 1. The fourth-order valence-electron chi connectivity index (χ4n) is 2.63. The van der Waals surface area contributed by atoms with Gasteiger partial charge in [0, 0.05) is 41.5 Å². The molecule has 0 heterocycles. The van der Waals surface area contributed by atoms with Crippen molar-refractivity contribution < 1.29 is 9.53 Å². The summed E-state index contributed by atoms with van der Waals surface area (Å²) >= 11 is 6.18. The lowest BCUT2D eigenvalue weighted by atomic mass is 10.2. The molecule has 0 aliphatic carbocycles. The van der Waals surface area contributed by atoms with Gasteiger partial charge in [0.2, 0.25) is 0 Å². The van der Waals surface area contributed by atoms with Gasteiger partial charge < -0.3 is 9.64 Å². The Hall–Kier alpha value is -3.31. The molecule has 0 saturated carbocycles. The Morgan fingerprint density at radius 2 is 1.72 bits per heavy atom. The number of para-hydroxylation sites is 1. The number of rotatable bonds is 7. The molecular weight excluding hydrogens is 386 g/mol. The van der Waals surface area contributed by atoms with Gasteiger partial charge in [-0.15, -0.1) is 0 Å². The minimum absolute atomic E-state index is 0.277. The standard InChI is InChI=1S/C23H22ClN3O2/c1-27(2)20-13-11-17(12-14-20)23(28)26-25-15-18-7-4-6-10-22(18)29-16-19-8-3-5-9-21(19)24/h3-15H,16H2,1-2H3,(H,26,28). The van der Waals surface area contributed by atoms with Crippen LogP contribution >= 0.6 is 11.6 Å². The van der Waals surface area contributed by atoms with Crippen LogP contribution in [0.3, 0.4) is 0 Å². The van der Waals surface area contributed by atoms with E-state index < -0.39 is 0 Å². The predicted molar refractivity (Wildman–Crippen MR) is 118 cm³/mol. The molecule has 3 rings (SSSR count). The Labute approximate surface area is 175 Å². The van der Waals surface area contributed by atoms with Gasteiger partial charge in [0.15, 0.2) is 0 Å². The van der Waals surface area contributed by atoms with Crippen LogP contribution in [0.4, 0.5) is 5.69 Å². The maximum atomic E-state index is 12.3. The molecule has 1 N–H and O–H groups in total. The molecule has 0 spiro atoms. The van der Waals surface area contributed by atoms with E-state index in [9.17, 15) is 4.79 Å². The summed E-state index contributed by atoms with van der Waals surface area (Å²) in [6.07, 6.45) is 1.56. The number of benzene rings is 3. The van der Waals surface area contributed by atoms with Crippen LogP contribution in [0, 0.1) is 0 Å². The van der Waals surface area contributed by atoms with Crippen LogP contribution in [-0.2, 0) is 6.61 Å². The van der Waals surface area contributed by atoms with Gasteiger partial charge in [-0.05, 0) is 42.5 Å². The van der Waals surface area contributed by atoms with Crippen molar-refractivity contribution in [3.63, 3.8) is 0 Å². The largest absolute Gasteiger partial charge is 0.488 e. The summed E-state index contributed by atoms with van der Waals surface area (Å²) in [5, 5.41) is 4.73. The number of hydrogen-bond acceptors (Lipinski definition) is 4. The first kappa shape index (κ1) is 20.4. The summed E-state index contributed by atoms with van der Waals surface area (Å²) in [4.78, 5) is 14.2. The van der Waals surface area contributed by atoms with E-state index in [2.05, 4.69) is 10.5 Å². The lowest BCUT2D eigenvalue weighted by Gasteiger charge is -2.12. The van der Waals surface area contributed by atoms with E-state index in [1.807, 2.05) is 79.7 Å². The molecule has 0 fully saturated rings. The lowest BCUT2D eigenvalue weighted by Crippen LogP contribution is -2.18. The summed E-state index contributed by atoms with van der Waals surface area (Å²) < 4.78 is 5.89. The molecule has 0 aliphatic rings. The summed E-state index contributed by atoms with van der Waals surface area (Å²) in [6.45, 7) is 0.342. The third-order valence-corrected chi connectivity index (χ3v) is 4.64. The molecule has 0 atom stereocenters. The number of hydrazone groups is 1. The molecule has 29 heavy (non-hydrogen) atoms. The van der Waals surface area contributed by atoms with Crippen LogP contribution in [0.2, 0.25) is 5.02 Å². The highest BCUT2D eigenvalue weighted by Crippen LogP contribution is 2.21. The normalized spacial score (nSPS) is 10.7. The monoisotopic (exact) mass is 407 g/mol. The van der Waals surface area contributed by atoms with Gasteiger partial charge in [-0.2, -0.15) is 5.10 Å². The van der Waals surface area contributed by atoms with Crippen molar-refractivity contribution in [3.05, 3.63) is 94.5 Å². The Bertz CT molecular complexity index is 1000. The zero-order valence-corrected chi connectivity index (χ0v) is 17.1. The van der Waals surface area contributed by atoms with Gasteiger partial charge in [0.25, 0.3) is 5.91 Å². The van der Waals surface area contributed by atoms with E-state index in [4.69, 9.17) is 16.3 Å². The van der Waals surface area contributed by atoms with E-state index in [0.29, 0.717) is 22.9 Å². The molecule has 3 aromatic carbocycles. The number of nitrogens with zero attached hydrogens (tertiary/aromatic N) is 2. The molecule has 5 nitrogen and oxygen atoms in total. The number of anilines is 1. The Kier molecular flexibility index (Phi) is 6.87. The van der Waals surface area contributed by atoms with Crippen LogP contribution in [0.15, 0.2) is 77.9 Å². The fourth-order valence-corrected chi connectivity index (χ4v) is 2.82. The molecule has 0 unspecified atom stereocenters. The van der Waals surface area contributed by atoms with Crippen molar-refractivity contribution >= 4 is 29.4 Å². The van der Waals surface area contributed by atoms with Crippen molar-refractivity contribution in [2.75, 3.05) is 19.0 Å². The maximum absolute atomic E-state index is 12.3. The number of carbonyl (C=O) groups is 1. The van der Waals surface area contributed by atoms with Gasteiger partial charge >= 0.3 is 0 Å². The topological polar surface area (TPSA) is 53.9 Å². The molecular formula is C23H22ClN3O2. The average molecular weight is 408 g/mol. The smallest absolute Gasteiger partial charge is 0.271 e. The van der Waals surface area contributed by atoms with Gasteiger partial charge in [-0.1, -0.05) is 41.9 Å². The molecule has 6 heteroatoms. The number of ether oxygens (including phenoxy) is 1. The van der Waals surface area contributed by atoms with E-state index in [1.54, 1.807) is 18.3 Å². The van der Waals surface area contributed by atoms with Gasteiger partial charge in [0.1, 0.15) is 12.4 Å². The number of nitrogens with one attached hydrogen (secondary N) is 1.